The molecule has 7 N–H and O–H groups in total. The van der Waals surface area contributed by atoms with Crippen molar-refractivity contribution in [2.75, 3.05) is 13.2 Å². The molecule has 5 atom stereocenters. The van der Waals surface area contributed by atoms with E-state index in [1.165, 1.54) is 0 Å². The molecule has 0 bridgehead atoms. The first kappa shape index (κ1) is 27.2. The van der Waals surface area contributed by atoms with Crippen molar-refractivity contribution in [2.24, 2.45) is 5.92 Å². The third-order valence-corrected chi connectivity index (χ3v) is 6.70. The van der Waals surface area contributed by atoms with Crippen LogP contribution in [0, 0.1) is 5.92 Å². The van der Waals surface area contributed by atoms with Crippen molar-refractivity contribution in [2.45, 2.75) is 63.7 Å². The molecule has 2 heterocycles. The second kappa shape index (κ2) is 12.5. The summed E-state index contributed by atoms with van der Waals surface area (Å²) in [5, 5.41) is 31.1. The quantitative estimate of drug-likeness (QED) is 0.215. The minimum Gasteiger partial charge on any atom is -0.480 e. The predicted molar refractivity (Wildman–Crippen MR) is 133 cm³/mol. The van der Waals surface area contributed by atoms with E-state index in [0.717, 1.165) is 23.9 Å². The lowest BCUT2D eigenvalue weighted by Crippen LogP contribution is -2.59. The normalized spacial score (nSPS) is 18.7. The van der Waals surface area contributed by atoms with Gasteiger partial charge in [-0.25, -0.2) is 4.79 Å². The second-order valence-corrected chi connectivity index (χ2v) is 9.23. The van der Waals surface area contributed by atoms with Crippen LogP contribution in [0.5, 0.6) is 0 Å². The number of carboxylic acids is 1. The highest BCUT2D eigenvalue weighted by Gasteiger charge is 2.33. The summed E-state index contributed by atoms with van der Waals surface area (Å²) in [6, 6.07) is 3.46. The summed E-state index contributed by atoms with van der Waals surface area (Å²) in [6.07, 6.45) is 3.84. The van der Waals surface area contributed by atoms with Crippen LogP contribution in [-0.4, -0.2) is 76.2 Å². The van der Waals surface area contributed by atoms with Crippen LogP contribution < -0.4 is 21.3 Å². The maximum absolute atomic E-state index is 13.0. The third kappa shape index (κ3) is 6.61. The summed E-state index contributed by atoms with van der Waals surface area (Å²) in [5.74, 6) is -3.21. The van der Waals surface area contributed by atoms with E-state index < -0.39 is 42.5 Å². The van der Waals surface area contributed by atoms with Crippen LogP contribution >= 0.6 is 0 Å². The lowest BCUT2D eigenvalue weighted by atomic mass is 9.97. The first-order valence-corrected chi connectivity index (χ1v) is 12.3. The van der Waals surface area contributed by atoms with Crippen LogP contribution in [0.15, 0.2) is 30.5 Å². The molecule has 11 heteroatoms. The number of aromatic nitrogens is 1. The molecule has 1 aliphatic heterocycles. The number of nitrogens with one attached hydrogen (secondary N) is 5. The van der Waals surface area contributed by atoms with E-state index >= 15 is 0 Å². The van der Waals surface area contributed by atoms with Crippen molar-refractivity contribution in [3.8, 4) is 0 Å². The fourth-order valence-electron chi connectivity index (χ4n) is 4.31. The van der Waals surface area contributed by atoms with Crippen LogP contribution in [0.25, 0.3) is 10.9 Å². The van der Waals surface area contributed by atoms with E-state index in [1.54, 1.807) is 6.20 Å². The molecule has 3 rings (SSSR count). The number of aliphatic hydroxyl groups is 1. The molecule has 0 radical (unpaired) electrons. The van der Waals surface area contributed by atoms with Crippen molar-refractivity contribution in [3.05, 3.63) is 36.0 Å². The fraction of sp³-hybridized carbons (Fsp3) is 0.520. The van der Waals surface area contributed by atoms with Crippen LogP contribution in [0.3, 0.4) is 0 Å². The summed E-state index contributed by atoms with van der Waals surface area (Å²) in [5.41, 5.74) is 1.55. The van der Waals surface area contributed by atoms with Gasteiger partial charge in [-0.1, -0.05) is 38.5 Å². The maximum atomic E-state index is 13.0. The smallest absolute Gasteiger partial charge is 0.326 e. The van der Waals surface area contributed by atoms with Gasteiger partial charge in [-0.05, 0) is 36.9 Å². The zero-order chi connectivity index (χ0) is 26.2. The number of fused-ring (bicyclic) bond motifs is 1. The van der Waals surface area contributed by atoms with Crippen LogP contribution in [-0.2, 0) is 25.6 Å². The SMILES string of the molecule is CCC(C)C(NC(=O)C1CCCN1)C(=O)NC(CO)C(=O)NC(Cc1c[nH]c2ccccc12)C(=O)O. The molecule has 1 fully saturated rings. The number of aliphatic hydroxyl groups excluding tert-OH is 1. The molecular weight excluding hydrogens is 466 g/mol. The van der Waals surface area contributed by atoms with Crippen LogP contribution in [0.4, 0.5) is 0 Å². The highest BCUT2D eigenvalue weighted by Crippen LogP contribution is 2.19. The maximum Gasteiger partial charge on any atom is 0.326 e. The van der Waals surface area contributed by atoms with Gasteiger partial charge in [-0.3, -0.25) is 14.4 Å². The number of aromatic amines is 1. The van der Waals surface area contributed by atoms with E-state index in [2.05, 4.69) is 26.3 Å². The average molecular weight is 502 g/mol. The van der Waals surface area contributed by atoms with Crippen molar-refractivity contribution in [1.29, 1.82) is 0 Å². The summed E-state index contributed by atoms with van der Waals surface area (Å²) in [6.45, 7) is 3.68. The van der Waals surface area contributed by atoms with Gasteiger partial charge in [0.15, 0.2) is 0 Å². The van der Waals surface area contributed by atoms with Crippen molar-refractivity contribution in [3.63, 3.8) is 0 Å². The molecule has 11 nitrogen and oxygen atoms in total. The van der Waals surface area contributed by atoms with Gasteiger partial charge in [0.2, 0.25) is 17.7 Å². The molecule has 0 aliphatic carbocycles. The molecule has 0 saturated carbocycles. The highest BCUT2D eigenvalue weighted by molar-refractivity contribution is 5.94. The average Bonchev–Trinajstić information content (AvgIpc) is 3.55. The monoisotopic (exact) mass is 501 g/mol. The number of benzene rings is 1. The predicted octanol–water partition coefficient (Wildman–Crippen LogP) is 0.0398. The number of hydrogen-bond donors (Lipinski definition) is 7. The minimum atomic E-state index is -1.38. The summed E-state index contributed by atoms with van der Waals surface area (Å²) < 4.78 is 0. The van der Waals surface area contributed by atoms with E-state index in [1.807, 2.05) is 38.1 Å². The third-order valence-electron chi connectivity index (χ3n) is 6.70. The van der Waals surface area contributed by atoms with Gasteiger partial charge in [-0.15, -0.1) is 0 Å². The zero-order valence-corrected chi connectivity index (χ0v) is 20.5. The molecular formula is C25H35N5O6. The Hall–Kier alpha value is -3.44. The first-order chi connectivity index (χ1) is 17.2. The van der Waals surface area contributed by atoms with E-state index in [9.17, 15) is 29.4 Å². The molecule has 196 valence electrons. The number of amides is 3. The zero-order valence-electron chi connectivity index (χ0n) is 20.5. The molecule has 1 aromatic heterocycles. The number of para-hydroxylation sites is 1. The van der Waals surface area contributed by atoms with Crippen LogP contribution in [0.1, 0.15) is 38.7 Å². The Morgan fingerprint density at radius 2 is 1.81 bits per heavy atom. The summed E-state index contributed by atoms with van der Waals surface area (Å²) in [7, 11) is 0. The minimum absolute atomic E-state index is 0.0110. The van der Waals surface area contributed by atoms with Crippen molar-refractivity contribution >= 4 is 34.6 Å². The van der Waals surface area contributed by atoms with E-state index in [0.29, 0.717) is 18.4 Å². The Morgan fingerprint density at radius 1 is 1.08 bits per heavy atom. The fourth-order valence-corrected chi connectivity index (χ4v) is 4.31. The van der Waals surface area contributed by atoms with Gasteiger partial charge in [0.25, 0.3) is 0 Å². The van der Waals surface area contributed by atoms with Gasteiger partial charge in [0.05, 0.1) is 12.6 Å². The lowest BCUT2D eigenvalue weighted by Gasteiger charge is -2.27. The Bertz CT molecular complexity index is 1080. The second-order valence-electron chi connectivity index (χ2n) is 9.23. The number of rotatable bonds is 12. The molecule has 1 aromatic carbocycles. The number of aliphatic carboxylic acids is 1. The number of H-pyrrole nitrogens is 1. The molecule has 5 unspecified atom stereocenters. The molecule has 1 aliphatic rings. The Balaban J connectivity index is 1.66. The van der Waals surface area contributed by atoms with Crippen molar-refractivity contribution in [1.82, 2.24) is 26.3 Å². The number of carbonyl (C=O) groups excluding carboxylic acids is 3. The number of carbonyl (C=O) groups is 4. The summed E-state index contributed by atoms with van der Waals surface area (Å²) in [4.78, 5) is 53.4. The standard InChI is InChI=1S/C25H35N5O6/c1-3-14(2)21(30-22(32)18-9-6-10-26-18)24(34)29-20(13-31)23(33)28-19(25(35)36)11-15-12-27-17-8-5-4-7-16(15)17/h4-5,7-8,12,14,18-21,26-27,31H,3,6,9-11,13H2,1-2H3,(H,28,33)(H,29,34)(H,30,32)(H,35,36). The van der Waals surface area contributed by atoms with Gasteiger partial charge in [0, 0.05) is 23.5 Å². The van der Waals surface area contributed by atoms with Gasteiger partial charge < -0.3 is 36.5 Å². The van der Waals surface area contributed by atoms with E-state index in [4.69, 9.17) is 0 Å². The van der Waals surface area contributed by atoms with Crippen molar-refractivity contribution < 1.29 is 29.4 Å². The van der Waals surface area contributed by atoms with Gasteiger partial charge in [0.1, 0.15) is 18.1 Å². The summed E-state index contributed by atoms with van der Waals surface area (Å²) >= 11 is 0. The van der Waals surface area contributed by atoms with Crippen LogP contribution in [0.2, 0.25) is 0 Å². The molecule has 3 amide bonds. The largest absolute Gasteiger partial charge is 0.480 e. The van der Waals surface area contributed by atoms with Gasteiger partial charge in [-0.2, -0.15) is 0 Å². The Kier molecular flexibility index (Phi) is 9.43. The Morgan fingerprint density at radius 3 is 2.44 bits per heavy atom. The number of hydrogen-bond acceptors (Lipinski definition) is 6. The molecule has 1 saturated heterocycles. The van der Waals surface area contributed by atoms with Gasteiger partial charge >= 0.3 is 5.97 Å². The van der Waals surface area contributed by atoms with E-state index in [-0.39, 0.29) is 24.3 Å². The molecule has 2 aromatic rings. The lowest BCUT2D eigenvalue weighted by molar-refractivity contribution is -0.142. The highest BCUT2D eigenvalue weighted by atomic mass is 16.4. The molecule has 0 spiro atoms. The Labute approximate surface area is 209 Å². The number of carboxylic acid groups (broad SMARTS) is 1. The molecule has 36 heavy (non-hydrogen) atoms. The topological polar surface area (TPSA) is 173 Å². The first-order valence-electron chi connectivity index (χ1n) is 12.3.